The van der Waals surface area contributed by atoms with E-state index in [4.69, 9.17) is 46.1 Å². The summed E-state index contributed by atoms with van der Waals surface area (Å²) >= 11 is 10.5. The molecule has 0 radical (unpaired) electrons. The van der Waals surface area contributed by atoms with Crippen LogP contribution < -0.4 is 65.1 Å². The fraction of sp³-hybridized carbons (Fsp3) is 0.111. The molecule has 0 fully saturated rings. The van der Waals surface area contributed by atoms with Crippen molar-refractivity contribution >= 4 is 94.3 Å². The molecular formula is C54H44N16O12S2. The Morgan fingerprint density at radius 3 is 1.13 bits per heavy atom. The lowest BCUT2D eigenvalue weighted by Crippen LogP contribution is -2.36. The van der Waals surface area contributed by atoms with Crippen LogP contribution in [-0.4, -0.2) is 84.9 Å². The first-order valence-electron chi connectivity index (χ1n) is 24.8. The predicted molar refractivity (Wildman–Crippen MR) is 307 cm³/mol. The molecule has 0 unspecified atom stereocenters. The molecule has 0 saturated heterocycles. The van der Waals surface area contributed by atoms with Crippen LogP contribution in [0.2, 0.25) is 0 Å². The van der Waals surface area contributed by atoms with Crippen LogP contribution in [0.25, 0.3) is 11.6 Å². The summed E-state index contributed by atoms with van der Waals surface area (Å²) in [6.45, 7) is 0.930. The summed E-state index contributed by atoms with van der Waals surface area (Å²) in [7, 11) is 0. The number of aromatic carboxylic acids is 2. The number of nitrogen functional groups attached to an aromatic ring is 2. The molecule has 0 aliphatic carbocycles. The number of nitrogens with zero attached hydrogens (tertiary/aromatic N) is 6. The zero-order chi connectivity index (χ0) is 59.9. The van der Waals surface area contributed by atoms with Crippen LogP contribution in [0.1, 0.15) is 96.1 Å². The monoisotopic (exact) mass is 1170 g/mol. The van der Waals surface area contributed by atoms with Crippen molar-refractivity contribution in [2.75, 3.05) is 22.1 Å². The molecule has 0 aliphatic rings. The number of nitrogens with two attached hydrogens (primary N) is 2. The number of aromatic amines is 2. The molecule has 14 N–H and O–H groups in total. The molecule has 0 spiro atoms. The van der Waals surface area contributed by atoms with Gasteiger partial charge in [-0.05, 0) is 94.2 Å². The Morgan fingerprint density at radius 1 is 0.452 bits per heavy atom. The molecule has 10 aromatic rings. The van der Waals surface area contributed by atoms with E-state index in [0.717, 1.165) is 22.3 Å². The number of hydrogen-bond donors (Lipinski definition) is 12. The molecule has 84 heavy (non-hydrogen) atoms. The first kappa shape index (κ1) is 57.3. The standard InChI is InChI=1S/2C27H22N8O6S/c28-19-20(22(37)21(19)36)29-11-14-2-1-3-15(8-14)12-30-23(38)17-9-18(35-26(32-17)33-34-27(35)42)24(39)31-10-13-4-6-16(7-5-13)25(40)41;28-19-20(22(37)21(19)36)29-11-14-2-1-3-15(8-14)12-31-24(39)18-9-17(32-26-33-34-27(42)35(18)26)23(38)30-10-13-4-6-16(7-5-13)25(40)41/h2*1-9,29H,10-12,28H2,(H,30,38)(H,31,39)(H,34,42)(H,40,41). The van der Waals surface area contributed by atoms with E-state index in [1.165, 1.54) is 45.2 Å². The molecule has 4 amide bonds. The van der Waals surface area contributed by atoms with Crippen LogP contribution in [-0.2, 0) is 39.3 Å². The van der Waals surface area contributed by atoms with E-state index in [1.807, 2.05) is 18.2 Å². The lowest BCUT2D eigenvalue weighted by Gasteiger charge is -2.12. The van der Waals surface area contributed by atoms with Crippen LogP contribution in [0.15, 0.2) is 128 Å². The van der Waals surface area contributed by atoms with Crippen LogP contribution in [0, 0.1) is 9.54 Å². The smallest absolute Gasteiger partial charge is 0.335 e. The number of hydrogen-bond acceptors (Lipinski definition) is 20. The van der Waals surface area contributed by atoms with Gasteiger partial charge in [-0.3, -0.25) is 38.4 Å². The topological polar surface area (TPSA) is 427 Å². The van der Waals surface area contributed by atoms with Gasteiger partial charge in [-0.1, -0.05) is 72.8 Å². The van der Waals surface area contributed by atoms with Gasteiger partial charge in [0.1, 0.15) is 45.5 Å². The van der Waals surface area contributed by atoms with Crippen molar-refractivity contribution < 1.29 is 39.0 Å². The van der Waals surface area contributed by atoms with E-state index in [-0.39, 0.29) is 117 Å². The number of carboxylic acid groups (broad SMARTS) is 2. The summed E-state index contributed by atoms with van der Waals surface area (Å²) < 4.78 is 2.82. The van der Waals surface area contributed by atoms with Crippen molar-refractivity contribution in [1.29, 1.82) is 0 Å². The first-order chi connectivity index (χ1) is 40.2. The highest BCUT2D eigenvalue weighted by Gasteiger charge is 2.23. The van der Waals surface area contributed by atoms with Gasteiger partial charge >= 0.3 is 11.9 Å². The third kappa shape index (κ3) is 12.6. The number of amides is 4. The van der Waals surface area contributed by atoms with Crippen LogP contribution in [0.3, 0.4) is 0 Å². The Labute approximate surface area is 480 Å². The predicted octanol–water partition coefficient (Wildman–Crippen LogP) is 2.27. The van der Waals surface area contributed by atoms with Crippen LogP contribution in [0.5, 0.6) is 0 Å². The lowest BCUT2D eigenvalue weighted by atomic mass is 10.1. The maximum Gasteiger partial charge on any atom is 0.335 e. The SMILES string of the molecule is Nc1c(NCc2cccc(CNC(=O)c3cc(C(=O)NCc4ccc(C(=O)O)cc4)n4c(=S)[nH]nc4n3)c2)c(=O)c1=O.Nc1c(NCc2cccc(CNC(=O)c3cc(C(=O)NCc4ccc(C(=O)O)cc4)nc4n[nH]c(=S)n34)c2)c(=O)c1=O. The van der Waals surface area contributed by atoms with Gasteiger partial charge in [-0.25, -0.2) is 38.6 Å². The van der Waals surface area contributed by atoms with E-state index in [2.05, 4.69) is 62.3 Å². The van der Waals surface area contributed by atoms with Gasteiger partial charge in [0.15, 0.2) is 0 Å². The van der Waals surface area contributed by atoms with E-state index in [0.29, 0.717) is 11.1 Å². The largest absolute Gasteiger partial charge is 0.478 e. The molecule has 0 aliphatic heterocycles. The van der Waals surface area contributed by atoms with Gasteiger partial charge in [0.05, 0.1) is 11.1 Å². The van der Waals surface area contributed by atoms with Crippen molar-refractivity contribution in [3.05, 3.63) is 227 Å². The number of rotatable bonds is 20. The summed E-state index contributed by atoms with van der Waals surface area (Å²) in [4.78, 5) is 129. The van der Waals surface area contributed by atoms with Crippen molar-refractivity contribution in [3.8, 4) is 0 Å². The molecule has 0 saturated carbocycles. The van der Waals surface area contributed by atoms with Crippen LogP contribution in [0.4, 0.5) is 22.7 Å². The van der Waals surface area contributed by atoms with Crippen molar-refractivity contribution in [2.45, 2.75) is 39.3 Å². The Balaban J connectivity index is 0.000000202. The van der Waals surface area contributed by atoms with Crippen molar-refractivity contribution in [1.82, 2.24) is 60.4 Å². The molecule has 424 valence electrons. The fourth-order valence-electron chi connectivity index (χ4n) is 8.27. The third-order valence-electron chi connectivity index (χ3n) is 12.7. The minimum atomic E-state index is -1.06. The summed E-state index contributed by atoms with van der Waals surface area (Å²) in [6, 6.07) is 29.0. The normalized spacial score (nSPS) is 11.0. The average molecular weight is 1170 g/mol. The molecule has 0 bridgehead atoms. The summed E-state index contributed by atoms with van der Waals surface area (Å²) in [5.41, 5.74) is 12.9. The van der Waals surface area contributed by atoms with Gasteiger partial charge < -0.3 is 53.6 Å². The fourth-order valence-corrected chi connectivity index (χ4v) is 8.72. The van der Waals surface area contributed by atoms with Crippen LogP contribution >= 0.6 is 24.4 Å². The third-order valence-corrected chi connectivity index (χ3v) is 13.3. The maximum absolute atomic E-state index is 13.2. The summed E-state index contributed by atoms with van der Waals surface area (Å²) in [5.74, 6) is -4.31. The Kier molecular flexibility index (Phi) is 16.7. The molecular weight excluding hydrogens is 1130 g/mol. The highest BCUT2D eigenvalue weighted by Crippen LogP contribution is 2.17. The molecule has 10 rings (SSSR count). The minimum Gasteiger partial charge on any atom is -0.478 e. The Hall–Kier alpha value is -11.4. The Bertz CT molecular complexity index is 4550. The van der Waals surface area contributed by atoms with Gasteiger partial charge in [0.2, 0.25) is 9.54 Å². The zero-order valence-corrected chi connectivity index (χ0v) is 44.9. The minimum absolute atomic E-state index is 0.0225. The highest BCUT2D eigenvalue weighted by molar-refractivity contribution is 7.71. The highest BCUT2D eigenvalue weighted by atomic mass is 32.1. The second-order valence-electron chi connectivity index (χ2n) is 18.4. The number of fused-ring (bicyclic) bond motifs is 2. The second-order valence-corrected chi connectivity index (χ2v) is 19.1. The molecule has 4 heterocycles. The van der Waals surface area contributed by atoms with E-state index < -0.39 is 57.3 Å². The van der Waals surface area contributed by atoms with Crippen molar-refractivity contribution in [3.63, 3.8) is 0 Å². The molecule has 4 aromatic heterocycles. The van der Waals surface area contributed by atoms with E-state index in [1.54, 1.807) is 54.6 Å². The number of benzene rings is 4. The summed E-state index contributed by atoms with van der Waals surface area (Å²) in [6.07, 6.45) is 0. The maximum atomic E-state index is 13.2. The van der Waals surface area contributed by atoms with E-state index in [9.17, 15) is 47.9 Å². The number of carboxylic acids is 2. The van der Waals surface area contributed by atoms with Gasteiger partial charge in [0, 0.05) is 39.3 Å². The number of aromatic nitrogens is 8. The van der Waals surface area contributed by atoms with E-state index >= 15 is 0 Å². The number of carbonyl (C=O) groups is 6. The van der Waals surface area contributed by atoms with Gasteiger partial charge in [-0.2, -0.15) is 0 Å². The lowest BCUT2D eigenvalue weighted by molar-refractivity contribution is 0.0686. The molecule has 0 atom stereocenters. The number of nitrogens with one attached hydrogen (secondary N) is 8. The van der Waals surface area contributed by atoms with Gasteiger partial charge in [0.25, 0.3) is 56.9 Å². The number of anilines is 4. The number of H-pyrrole nitrogens is 2. The van der Waals surface area contributed by atoms with Crippen molar-refractivity contribution in [2.24, 2.45) is 0 Å². The second kappa shape index (κ2) is 24.5. The average Bonchev–Trinajstić information content (AvgIpc) is 4.29. The van der Waals surface area contributed by atoms with Gasteiger partial charge in [-0.15, -0.1) is 10.2 Å². The number of carbonyl (C=O) groups excluding carboxylic acids is 4. The molecule has 6 aromatic carbocycles. The zero-order valence-electron chi connectivity index (χ0n) is 43.3. The quantitative estimate of drug-likeness (QED) is 0.0385. The molecule has 30 heteroatoms. The first-order valence-corrected chi connectivity index (χ1v) is 25.6. The summed E-state index contributed by atoms with van der Waals surface area (Å²) in [5, 5.41) is 47.9. The molecule has 28 nitrogen and oxygen atoms in total. The Morgan fingerprint density at radius 2 is 0.786 bits per heavy atom.